The second-order valence-corrected chi connectivity index (χ2v) is 6.55. The number of nitrogens with two attached hydrogens (primary N) is 1. The van der Waals surface area contributed by atoms with E-state index in [9.17, 15) is 4.79 Å². The van der Waals surface area contributed by atoms with Crippen molar-refractivity contribution in [1.29, 1.82) is 0 Å². The summed E-state index contributed by atoms with van der Waals surface area (Å²) in [5, 5.41) is 1.11. The lowest BCUT2D eigenvalue weighted by molar-refractivity contribution is 0.103. The smallest absolute Gasteiger partial charge is 0.188 e. The van der Waals surface area contributed by atoms with Gasteiger partial charge in [-0.25, -0.2) is 0 Å². The molecule has 3 N–H and O–H groups in total. The number of Topliss-reactive ketones (excluding diaryl/α,β-unsaturated/α-hetero) is 1. The van der Waals surface area contributed by atoms with Crippen molar-refractivity contribution < 1.29 is 4.79 Å². The van der Waals surface area contributed by atoms with Crippen LogP contribution in [0.3, 0.4) is 0 Å². The number of likely N-dealkylation sites (N-methyl/N-ethyl adjacent to an activating group) is 1. The van der Waals surface area contributed by atoms with Crippen molar-refractivity contribution in [2.24, 2.45) is 5.73 Å². The number of aromatic amines is 1. The van der Waals surface area contributed by atoms with Crippen LogP contribution in [0.25, 0.3) is 10.9 Å². The van der Waals surface area contributed by atoms with Crippen molar-refractivity contribution in [2.75, 3.05) is 14.1 Å². The van der Waals surface area contributed by atoms with Crippen LogP contribution in [0.5, 0.6) is 0 Å². The Bertz CT molecular complexity index is 757. The van der Waals surface area contributed by atoms with Crippen molar-refractivity contribution in [3.8, 4) is 0 Å². The number of ketones is 1. The lowest BCUT2D eigenvalue weighted by Crippen LogP contribution is -2.37. The molecule has 1 aromatic carbocycles. The Morgan fingerprint density at radius 3 is 2.77 bits per heavy atom. The van der Waals surface area contributed by atoms with Crippen molar-refractivity contribution in [2.45, 2.75) is 31.8 Å². The van der Waals surface area contributed by atoms with Gasteiger partial charge in [0.25, 0.3) is 0 Å². The quantitative estimate of drug-likeness (QED) is 0.676. The Kier molecular flexibility index (Phi) is 3.67. The van der Waals surface area contributed by atoms with Gasteiger partial charge < -0.3 is 15.6 Å². The third kappa shape index (κ3) is 2.38. The van der Waals surface area contributed by atoms with Gasteiger partial charge in [0.05, 0.1) is 0 Å². The monoisotopic (exact) mass is 297 g/mol. The minimum atomic E-state index is 0.00103. The summed E-state index contributed by atoms with van der Waals surface area (Å²) in [5.74, 6) is 0.00103. The highest BCUT2D eigenvalue weighted by molar-refractivity contribution is 6.09. The summed E-state index contributed by atoms with van der Waals surface area (Å²) in [6.07, 6.45) is 1.91. The van der Waals surface area contributed by atoms with Crippen molar-refractivity contribution >= 4 is 16.7 Å². The topological polar surface area (TPSA) is 62.1 Å². The lowest BCUT2D eigenvalue weighted by atomic mass is 9.87. The zero-order valence-corrected chi connectivity index (χ0v) is 13.4. The Balaban J connectivity index is 2.12. The maximum Gasteiger partial charge on any atom is 0.188 e. The van der Waals surface area contributed by atoms with E-state index < -0.39 is 0 Å². The number of benzene rings is 1. The molecule has 0 saturated carbocycles. The minimum Gasteiger partial charge on any atom is -0.357 e. The van der Waals surface area contributed by atoms with Gasteiger partial charge in [-0.2, -0.15) is 0 Å². The lowest BCUT2D eigenvalue weighted by Gasteiger charge is -2.31. The molecular formula is C18H23N3O. The first-order valence-electron chi connectivity index (χ1n) is 7.65. The zero-order valence-electron chi connectivity index (χ0n) is 13.4. The fraction of sp³-hybridized carbons (Fsp3) is 0.389. The molecule has 0 fully saturated rings. The van der Waals surface area contributed by atoms with Gasteiger partial charge in [0.15, 0.2) is 5.78 Å². The molecule has 0 aliphatic heterocycles. The number of nitrogens with zero attached hydrogens (tertiary/aromatic N) is 1. The molecule has 2 atom stereocenters. The Morgan fingerprint density at radius 1 is 1.41 bits per heavy atom. The second-order valence-electron chi connectivity index (χ2n) is 6.55. The molecule has 0 radical (unpaired) electrons. The molecule has 4 nitrogen and oxygen atoms in total. The summed E-state index contributed by atoms with van der Waals surface area (Å²) in [6.45, 7) is 5.50. The van der Waals surface area contributed by atoms with E-state index in [0.717, 1.165) is 29.4 Å². The zero-order chi connectivity index (χ0) is 16.0. The Hall–Kier alpha value is -1.91. The van der Waals surface area contributed by atoms with E-state index in [1.807, 2.05) is 18.2 Å². The van der Waals surface area contributed by atoms with E-state index in [-0.39, 0.29) is 11.8 Å². The average molecular weight is 297 g/mol. The van der Waals surface area contributed by atoms with Crippen LogP contribution in [-0.4, -0.2) is 35.8 Å². The summed E-state index contributed by atoms with van der Waals surface area (Å²) in [6, 6.07) is 6.26. The van der Waals surface area contributed by atoms with Crippen molar-refractivity contribution in [1.82, 2.24) is 9.88 Å². The molecular weight excluding hydrogens is 274 g/mol. The number of nitrogens with one attached hydrogen (secondary N) is 1. The van der Waals surface area contributed by atoms with Crippen molar-refractivity contribution in [3.63, 3.8) is 0 Å². The fourth-order valence-corrected chi connectivity index (χ4v) is 3.32. The van der Waals surface area contributed by atoms with Gasteiger partial charge in [0, 0.05) is 34.2 Å². The molecule has 4 heteroatoms. The highest BCUT2D eigenvalue weighted by atomic mass is 16.1. The molecule has 3 rings (SSSR count). The van der Waals surface area contributed by atoms with E-state index in [1.54, 1.807) is 6.92 Å². The number of fused-ring (bicyclic) bond motifs is 3. The number of hydrogen-bond donors (Lipinski definition) is 2. The molecule has 1 heterocycles. The van der Waals surface area contributed by atoms with Crippen LogP contribution in [-0.2, 0) is 6.42 Å². The molecule has 1 aliphatic carbocycles. The van der Waals surface area contributed by atoms with E-state index in [4.69, 9.17) is 5.73 Å². The predicted octanol–water partition coefficient (Wildman–Crippen LogP) is 2.80. The number of rotatable bonds is 3. The number of allylic oxidation sites excluding steroid dienone is 1. The first-order chi connectivity index (χ1) is 10.4. The maximum atomic E-state index is 12.2. The van der Waals surface area contributed by atoms with Gasteiger partial charge in [-0.1, -0.05) is 6.58 Å². The van der Waals surface area contributed by atoms with E-state index in [1.165, 1.54) is 5.56 Å². The van der Waals surface area contributed by atoms with Crippen LogP contribution in [0.2, 0.25) is 0 Å². The molecule has 1 aliphatic rings. The van der Waals surface area contributed by atoms with Crippen LogP contribution in [0.1, 0.15) is 41.0 Å². The Morgan fingerprint density at radius 2 is 2.14 bits per heavy atom. The van der Waals surface area contributed by atoms with E-state index in [0.29, 0.717) is 17.2 Å². The molecule has 0 saturated heterocycles. The third-order valence-electron chi connectivity index (χ3n) is 4.66. The number of H-pyrrole nitrogens is 1. The average Bonchev–Trinajstić information content (AvgIpc) is 2.84. The van der Waals surface area contributed by atoms with E-state index >= 15 is 0 Å². The first-order valence-corrected chi connectivity index (χ1v) is 7.65. The standard InChI is InChI=1S/C18H23N3O/c1-10(2)18(22)11-5-6-16-13(7-11)14-8-12(21(3)4)9-15(19)17(14)20-16/h5-7,12,15,20H,1,8-9,19H2,2-4H3. The largest absolute Gasteiger partial charge is 0.357 e. The second kappa shape index (κ2) is 5.38. The molecule has 2 unspecified atom stereocenters. The molecule has 2 aromatic rings. The van der Waals surface area contributed by atoms with Gasteiger partial charge in [0.1, 0.15) is 0 Å². The van der Waals surface area contributed by atoms with Crippen LogP contribution in [0.4, 0.5) is 0 Å². The normalized spacial score (nSPS) is 21.1. The van der Waals surface area contributed by atoms with Gasteiger partial charge in [0.2, 0.25) is 0 Å². The molecule has 0 amide bonds. The van der Waals surface area contributed by atoms with Crippen LogP contribution >= 0.6 is 0 Å². The molecule has 0 bridgehead atoms. The van der Waals surface area contributed by atoms with Crippen LogP contribution < -0.4 is 5.73 Å². The van der Waals surface area contributed by atoms with Crippen LogP contribution in [0.15, 0.2) is 30.4 Å². The number of aromatic nitrogens is 1. The predicted molar refractivity (Wildman–Crippen MR) is 90.2 cm³/mol. The van der Waals surface area contributed by atoms with Crippen LogP contribution in [0, 0.1) is 0 Å². The number of carbonyl (C=O) groups excluding carboxylic acids is 1. The van der Waals surface area contributed by atoms with Gasteiger partial charge in [-0.05, 0) is 63.2 Å². The summed E-state index contributed by atoms with van der Waals surface area (Å²) < 4.78 is 0. The number of hydrogen-bond acceptors (Lipinski definition) is 3. The van der Waals surface area contributed by atoms with Gasteiger partial charge in [-0.15, -0.1) is 0 Å². The maximum absolute atomic E-state index is 12.2. The minimum absolute atomic E-state index is 0.00103. The summed E-state index contributed by atoms with van der Waals surface area (Å²) in [5.41, 5.74) is 11.0. The SMILES string of the molecule is C=C(C)C(=O)c1ccc2[nH]c3c(c2c1)CC(N(C)C)CC3N. The molecule has 116 valence electrons. The first kappa shape index (κ1) is 15.0. The highest BCUT2D eigenvalue weighted by Crippen LogP contribution is 2.35. The fourth-order valence-electron chi connectivity index (χ4n) is 3.32. The van der Waals surface area contributed by atoms with Gasteiger partial charge >= 0.3 is 0 Å². The molecule has 22 heavy (non-hydrogen) atoms. The van der Waals surface area contributed by atoms with Gasteiger partial charge in [-0.3, -0.25) is 4.79 Å². The number of carbonyl (C=O) groups is 1. The summed E-state index contributed by atoms with van der Waals surface area (Å²) >= 11 is 0. The summed E-state index contributed by atoms with van der Waals surface area (Å²) in [4.78, 5) is 17.8. The third-order valence-corrected chi connectivity index (χ3v) is 4.66. The molecule has 0 spiro atoms. The Labute approximate surface area is 131 Å². The highest BCUT2D eigenvalue weighted by Gasteiger charge is 2.29. The summed E-state index contributed by atoms with van der Waals surface area (Å²) in [7, 11) is 4.18. The molecule has 1 aromatic heterocycles. The van der Waals surface area contributed by atoms with Crippen molar-refractivity contribution in [3.05, 3.63) is 47.2 Å². The van der Waals surface area contributed by atoms with E-state index in [2.05, 4.69) is 30.6 Å².